The van der Waals surface area contributed by atoms with Gasteiger partial charge in [-0.05, 0) is 42.0 Å². The van der Waals surface area contributed by atoms with E-state index in [0.29, 0.717) is 11.3 Å². The molecule has 0 heterocycles. The molecule has 0 aromatic heterocycles. The van der Waals surface area contributed by atoms with E-state index in [-0.39, 0.29) is 17.1 Å². The monoisotopic (exact) mass is 441 g/mol. The Morgan fingerprint density at radius 3 is 2.27 bits per heavy atom. The summed E-state index contributed by atoms with van der Waals surface area (Å²) in [7, 11) is -0.278. The van der Waals surface area contributed by atoms with Crippen molar-refractivity contribution in [2.75, 3.05) is 30.9 Å². The number of amides is 1. The number of sulfonamides is 1. The predicted octanol–water partition coefficient (Wildman–Crippen LogP) is 3.72. The van der Waals surface area contributed by atoms with Gasteiger partial charge in [-0.3, -0.25) is 4.79 Å². The summed E-state index contributed by atoms with van der Waals surface area (Å²) in [6, 6.07) is 8.93. The van der Waals surface area contributed by atoms with Crippen molar-refractivity contribution in [2.24, 2.45) is 0 Å². The molecular formula is C20H22F3N3O3S. The van der Waals surface area contributed by atoms with Gasteiger partial charge in [0.1, 0.15) is 0 Å². The molecule has 0 unspecified atom stereocenters. The third-order valence-corrected chi connectivity index (χ3v) is 5.58. The van der Waals surface area contributed by atoms with Crippen molar-refractivity contribution in [3.63, 3.8) is 0 Å². The van der Waals surface area contributed by atoms with Gasteiger partial charge in [0.15, 0.2) is 0 Å². The first-order valence-electron chi connectivity index (χ1n) is 8.91. The van der Waals surface area contributed by atoms with Crippen molar-refractivity contribution in [1.82, 2.24) is 4.72 Å². The minimum Gasteiger partial charge on any atom is -0.376 e. The van der Waals surface area contributed by atoms with Crippen molar-refractivity contribution in [3.05, 3.63) is 59.7 Å². The average molecular weight is 441 g/mol. The molecule has 6 nitrogen and oxygen atoms in total. The van der Waals surface area contributed by atoms with Crippen molar-refractivity contribution in [3.8, 4) is 0 Å². The molecule has 30 heavy (non-hydrogen) atoms. The molecule has 0 bridgehead atoms. The topological polar surface area (TPSA) is 78.5 Å². The van der Waals surface area contributed by atoms with Gasteiger partial charge in [-0.15, -0.1) is 0 Å². The number of benzene rings is 2. The third kappa shape index (κ3) is 6.07. The van der Waals surface area contributed by atoms with Crippen LogP contribution in [0.4, 0.5) is 24.5 Å². The molecule has 0 saturated heterocycles. The van der Waals surface area contributed by atoms with Crippen LogP contribution in [0, 0.1) is 0 Å². The maximum absolute atomic E-state index is 13.0. The lowest BCUT2D eigenvalue weighted by molar-refractivity contribution is -0.137. The molecule has 0 radical (unpaired) electrons. The van der Waals surface area contributed by atoms with Crippen LogP contribution >= 0.6 is 0 Å². The molecule has 2 aromatic carbocycles. The smallest absolute Gasteiger partial charge is 0.376 e. The van der Waals surface area contributed by atoms with Gasteiger partial charge in [0.2, 0.25) is 15.9 Å². The van der Waals surface area contributed by atoms with Gasteiger partial charge in [0.25, 0.3) is 0 Å². The Hall–Kier alpha value is -2.85. The molecule has 0 aliphatic rings. The maximum atomic E-state index is 13.0. The summed E-state index contributed by atoms with van der Waals surface area (Å²) in [6.07, 6.45) is -1.94. The van der Waals surface area contributed by atoms with E-state index in [1.807, 2.05) is 0 Å². The van der Waals surface area contributed by atoms with Crippen LogP contribution in [0.3, 0.4) is 0 Å². The van der Waals surface area contributed by atoms with E-state index in [1.54, 1.807) is 25.9 Å². The maximum Gasteiger partial charge on any atom is 0.416 e. The molecule has 0 saturated carbocycles. The van der Waals surface area contributed by atoms with Crippen LogP contribution in [0.5, 0.6) is 0 Å². The van der Waals surface area contributed by atoms with Gasteiger partial charge in [-0.1, -0.05) is 19.1 Å². The number of anilines is 2. The lowest BCUT2D eigenvalue weighted by Gasteiger charge is -2.19. The van der Waals surface area contributed by atoms with E-state index in [2.05, 4.69) is 10.0 Å². The van der Waals surface area contributed by atoms with Crippen LogP contribution in [0.25, 0.3) is 6.08 Å². The Morgan fingerprint density at radius 2 is 1.73 bits per heavy atom. The number of nitrogens with one attached hydrogen (secondary N) is 2. The third-order valence-electron chi connectivity index (χ3n) is 4.02. The Morgan fingerprint density at radius 1 is 1.10 bits per heavy atom. The molecule has 10 heteroatoms. The van der Waals surface area contributed by atoms with E-state index in [9.17, 15) is 26.4 Å². The molecular weight excluding hydrogens is 419 g/mol. The van der Waals surface area contributed by atoms with E-state index in [0.717, 1.165) is 18.2 Å². The second-order valence-corrected chi connectivity index (χ2v) is 8.28. The quantitative estimate of drug-likeness (QED) is 0.642. The summed E-state index contributed by atoms with van der Waals surface area (Å²) >= 11 is 0. The molecule has 0 atom stereocenters. The predicted molar refractivity (Wildman–Crippen MR) is 111 cm³/mol. The largest absolute Gasteiger partial charge is 0.416 e. The number of rotatable bonds is 7. The van der Waals surface area contributed by atoms with Gasteiger partial charge in [-0.25, -0.2) is 13.1 Å². The number of alkyl halides is 3. The minimum atomic E-state index is -4.53. The first kappa shape index (κ1) is 23.4. The molecule has 162 valence electrons. The molecule has 0 spiro atoms. The van der Waals surface area contributed by atoms with Gasteiger partial charge in [0.05, 0.1) is 21.8 Å². The molecule has 2 aromatic rings. The molecule has 0 aliphatic heterocycles. The molecule has 0 aliphatic carbocycles. The first-order chi connectivity index (χ1) is 13.9. The summed E-state index contributed by atoms with van der Waals surface area (Å²) in [5, 5.41) is 2.45. The van der Waals surface area contributed by atoms with Crippen molar-refractivity contribution < 1.29 is 26.4 Å². The number of nitrogens with zero attached hydrogens (tertiary/aromatic N) is 1. The van der Waals surface area contributed by atoms with Gasteiger partial charge >= 0.3 is 6.18 Å². The number of halogens is 3. The molecule has 1 amide bonds. The Kier molecular flexibility index (Phi) is 7.27. The average Bonchev–Trinajstić information content (AvgIpc) is 2.65. The lowest BCUT2D eigenvalue weighted by atomic mass is 10.1. The summed E-state index contributed by atoms with van der Waals surface area (Å²) in [5.74, 6) is -0.623. The van der Waals surface area contributed by atoms with Crippen molar-refractivity contribution in [1.29, 1.82) is 0 Å². The van der Waals surface area contributed by atoms with Crippen LogP contribution in [0.1, 0.15) is 18.1 Å². The molecule has 2 N–H and O–H groups in total. The Labute approximate surface area is 173 Å². The van der Waals surface area contributed by atoms with E-state index >= 15 is 0 Å². The second kappa shape index (κ2) is 9.31. The number of carbonyl (C=O) groups excluding carboxylic acids is 1. The van der Waals surface area contributed by atoms with Gasteiger partial charge < -0.3 is 10.2 Å². The van der Waals surface area contributed by atoms with Crippen LogP contribution in [0.2, 0.25) is 0 Å². The van der Waals surface area contributed by atoms with E-state index in [1.165, 1.54) is 36.4 Å². The summed E-state index contributed by atoms with van der Waals surface area (Å²) < 4.78 is 65.2. The fourth-order valence-electron chi connectivity index (χ4n) is 2.58. The summed E-state index contributed by atoms with van der Waals surface area (Å²) in [4.78, 5) is 13.9. The highest BCUT2D eigenvalue weighted by atomic mass is 32.2. The summed E-state index contributed by atoms with van der Waals surface area (Å²) in [6.45, 7) is 1.92. The molecule has 2 rings (SSSR count). The van der Waals surface area contributed by atoms with Gasteiger partial charge in [-0.2, -0.15) is 13.2 Å². The van der Waals surface area contributed by atoms with Crippen LogP contribution < -0.4 is 14.9 Å². The number of hydrogen-bond donors (Lipinski definition) is 2. The molecule has 0 fully saturated rings. The van der Waals surface area contributed by atoms with Crippen molar-refractivity contribution >= 4 is 33.4 Å². The van der Waals surface area contributed by atoms with Crippen molar-refractivity contribution in [2.45, 2.75) is 18.0 Å². The van der Waals surface area contributed by atoms with E-state index in [4.69, 9.17) is 0 Å². The van der Waals surface area contributed by atoms with E-state index < -0.39 is 27.7 Å². The summed E-state index contributed by atoms with van der Waals surface area (Å²) in [5.41, 5.74) is 0.127. The lowest BCUT2D eigenvalue weighted by Crippen LogP contribution is -2.22. The number of hydrogen-bond acceptors (Lipinski definition) is 4. The highest BCUT2D eigenvalue weighted by Crippen LogP contribution is 2.34. The second-order valence-electron chi connectivity index (χ2n) is 6.52. The zero-order valence-electron chi connectivity index (χ0n) is 16.6. The Bertz CT molecular complexity index is 1030. The first-order valence-corrected chi connectivity index (χ1v) is 10.4. The normalized spacial score (nSPS) is 12.2. The van der Waals surface area contributed by atoms with Crippen LogP contribution in [0.15, 0.2) is 53.4 Å². The zero-order valence-corrected chi connectivity index (χ0v) is 17.4. The SMILES string of the molecule is CCNS(=O)(=O)c1ccc(/C=C/C(=O)Nc2cc(C(F)(F)F)ccc2N(C)C)cc1. The van der Waals surface area contributed by atoms with Gasteiger partial charge in [0, 0.05) is 26.7 Å². The van der Waals surface area contributed by atoms with Crippen LogP contribution in [-0.4, -0.2) is 35.0 Å². The fraction of sp³-hybridized carbons (Fsp3) is 0.250. The Balaban J connectivity index is 2.18. The fourth-order valence-corrected chi connectivity index (χ4v) is 3.62. The minimum absolute atomic E-state index is 0.0246. The standard InChI is InChI=1S/C20H22F3N3O3S/c1-4-24-30(28,29)16-9-5-14(6-10-16)7-12-19(27)25-17-13-15(20(21,22)23)8-11-18(17)26(2)3/h5-13,24H,4H2,1-3H3,(H,25,27)/b12-7+. The number of carbonyl (C=O) groups is 1. The highest BCUT2D eigenvalue weighted by Gasteiger charge is 2.31. The van der Waals surface area contributed by atoms with Crippen LogP contribution in [-0.2, 0) is 21.0 Å². The highest BCUT2D eigenvalue weighted by molar-refractivity contribution is 7.89. The zero-order chi connectivity index (χ0) is 22.5.